The van der Waals surface area contributed by atoms with E-state index in [2.05, 4.69) is 10.6 Å². The number of likely N-dealkylation sites (N-methyl/N-ethyl adjacent to an activating group) is 1. The fraction of sp³-hybridized carbons (Fsp3) is 0.467. The average molecular weight is 278 g/mol. The molecule has 5 nitrogen and oxygen atoms in total. The third kappa shape index (κ3) is 5.84. The number of esters is 1. The molecule has 0 spiro atoms. The molecule has 0 bridgehead atoms. The highest BCUT2D eigenvalue weighted by molar-refractivity contribution is 5.79. The zero-order valence-corrected chi connectivity index (χ0v) is 12.0. The van der Waals surface area contributed by atoms with Crippen molar-refractivity contribution in [3.63, 3.8) is 0 Å². The molecule has 0 aromatic heterocycles. The summed E-state index contributed by atoms with van der Waals surface area (Å²) >= 11 is 0. The van der Waals surface area contributed by atoms with Crippen LogP contribution in [0.1, 0.15) is 12.5 Å². The topological polar surface area (TPSA) is 67.4 Å². The standard InChI is InChI=1S/C15H22N2O3/c1-3-20-15(19)13(10-17-14(18)11-16-2)9-12-7-5-4-6-8-12/h4-8,13,16H,3,9-11H2,1-2H3,(H,17,18). The zero-order valence-electron chi connectivity index (χ0n) is 12.0. The van der Waals surface area contributed by atoms with Crippen LogP contribution in [-0.4, -0.2) is 38.6 Å². The van der Waals surface area contributed by atoms with Gasteiger partial charge < -0.3 is 15.4 Å². The van der Waals surface area contributed by atoms with Gasteiger partial charge in [0.1, 0.15) is 0 Å². The van der Waals surface area contributed by atoms with Gasteiger partial charge in [-0.25, -0.2) is 0 Å². The van der Waals surface area contributed by atoms with Crippen molar-refractivity contribution in [2.75, 3.05) is 26.7 Å². The van der Waals surface area contributed by atoms with Crippen LogP contribution in [0.4, 0.5) is 0 Å². The molecule has 110 valence electrons. The van der Waals surface area contributed by atoms with E-state index in [1.54, 1.807) is 14.0 Å². The molecule has 1 aromatic rings. The fourth-order valence-corrected chi connectivity index (χ4v) is 1.86. The van der Waals surface area contributed by atoms with E-state index in [-0.39, 0.29) is 30.9 Å². The fourth-order valence-electron chi connectivity index (χ4n) is 1.86. The molecule has 0 aliphatic rings. The normalized spacial score (nSPS) is 11.7. The first-order valence-electron chi connectivity index (χ1n) is 6.79. The molecule has 1 aromatic carbocycles. The van der Waals surface area contributed by atoms with Crippen molar-refractivity contribution in [3.8, 4) is 0 Å². The molecule has 2 N–H and O–H groups in total. The van der Waals surface area contributed by atoms with E-state index >= 15 is 0 Å². The summed E-state index contributed by atoms with van der Waals surface area (Å²) in [6.45, 7) is 2.64. The van der Waals surface area contributed by atoms with E-state index in [9.17, 15) is 9.59 Å². The Morgan fingerprint density at radius 1 is 1.25 bits per heavy atom. The molecule has 0 saturated carbocycles. The minimum atomic E-state index is -0.363. The minimum absolute atomic E-state index is 0.130. The molecule has 1 amide bonds. The first kappa shape index (κ1) is 16.2. The highest BCUT2D eigenvalue weighted by atomic mass is 16.5. The van der Waals surface area contributed by atoms with Gasteiger partial charge in [0.2, 0.25) is 5.91 Å². The highest BCUT2D eigenvalue weighted by Crippen LogP contribution is 2.10. The van der Waals surface area contributed by atoms with Crippen LogP contribution in [0, 0.1) is 5.92 Å². The van der Waals surface area contributed by atoms with Crippen LogP contribution < -0.4 is 10.6 Å². The third-order valence-electron chi connectivity index (χ3n) is 2.83. The molecule has 0 aliphatic heterocycles. The summed E-state index contributed by atoms with van der Waals surface area (Å²) in [4.78, 5) is 23.4. The summed E-state index contributed by atoms with van der Waals surface area (Å²) in [5.74, 6) is -0.769. The van der Waals surface area contributed by atoms with E-state index in [1.807, 2.05) is 30.3 Å². The second kappa shape index (κ2) is 9.09. The third-order valence-corrected chi connectivity index (χ3v) is 2.83. The van der Waals surface area contributed by atoms with E-state index in [0.29, 0.717) is 13.0 Å². The number of hydrogen-bond donors (Lipinski definition) is 2. The Balaban J connectivity index is 2.60. The molecule has 0 saturated heterocycles. The Hall–Kier alpha value is -1.88. The number of hydrogen-bond acceptors (Lipinski definition) is 4. The van der Waals surface area contributed by atoms with E-state index in [4.69, 9.17) is 4.74 Å². The lowest BCUT2D eigenvalue weighted by Crippen LogP contribution is -2.38. The van der Waals surface area contributed by atoms with E-state index < -0.39 is 0 Å². The maximum Gasteiger partial charge on any atom is 0.311 e. The maximum atomic E-state index is 11.9. The molecule has 1 unspecified atom stereocenters. The van der Waals surface area contributed by atoms with Crippen molar-refractivity contribution >= 4 is 11.9 Å². The second-order valence-electron chi connectivity index (χ2n) is 4.47. The van der Waals surface area contributed by atoms with Crippen molar-refractivity contribution in [1.29, 1.82) is 0 Å². The molecule has 20 heavy (non-hydrogen) atoms. The van der Waals surface area contributed by atoms with Gasteiger partial charge >= 0.3 is 5.97 Å². The minimum Gasteiger partial charge on any atom is -0.466 e. The lowest BCUT2D eigenvalue weighted by atomic mass is 9.99. The molecule has 0 fully saturated rings. The number of ether oxygens (including phenoxy) is 1. The van der Waals surface area contributed by atoms with Crippen molar-refractivity contribution in [3.05, 3.63) is 35.9 Å². The van der Waals surface area contributed by atoms with Gasteiger partial charge in [-0.3, -0.25) is 9.59 Å². The molecule has 5 heteroatoms. The van der Waals surface area contributed by atoms with Gasteiger partial charge in [-0.2, -0.15) is 0 Å². The smallest absolute Gasteiger partial charge is 0.311 e. The van der Waals surface area contributed by atoms with Gasteiger partial charge in [0.15, 0.2) is 0 Å². The van der Waals surface area contributed by atoms with Gasteiger partial charge in [0, 0.05) is 6.54 Å². The van der Waals surface area contributed by atoms with Gasteiger partial charge in [-0.15, -0.1) is 0 Å². The van der Waals surface area contributed by atoms with Crippen LogP contribution >= 0.6 is 0 Å². The first-order chi connectivity index (χ1) is 9.67. The van der Waals surface area contributed by atoms with Crippen molar-refractivity contribution < 1.29 is 14.3 Å². The number of amides is 1. The summed E-state index contributed by atoms with van der Waals surface area (Å²) in [7, 11) is 1.70. The predicted octanol–water partition coefficient (Wildman–Crippen LogP) is 0.744. The lowest BCUT2D eigenvalue weighted by Gasteiger charge is -2.16. The maximum absolute atomic E-state index is 11.9. The average Bonchev–Trinajstić information content (AvgIpc) is 2.45. The highest BCUT2D eigenvalue weighted by Gasteiger charge is 2.20. The van der Waals surface area contributed by atoms with Gasteiger partial charge in [0.05, 0.1) is 19.1 Å². The SMILES string of the molecule is CCOC(=O)C(CNC(=O)CNC)Cc1ccccc1. The molecule has 0 radical (unpaired) electrons. The van der Waals surface area contributed by atoms with Gasteiger partial charge in [0.25, 0.3) is 0 Å². The Morgan fingerprint density at radius 3 is 2.55 bits per heavy atom. The van der Waals surface area contributed by atoms with Gasteiger partial charge in [-0.1, -0.05) is 30.3 Å². The number of rotatable bonds is 8. The summed E-state index contributed by atoms with van der Waals surface area (Å²) in [5.41, 5.74) is 1.05. The number of benzene rings is 1. The van der Waals surface area contributed by atoms with Crippen LogP contribution in [0.15, 0.2) is 30.3 Å². The number of nitrogens with one attached hydrogen (secondary N) is 2. The van der Waals surface area contributed by atoms with E-state index in [1.165, 1.54) is 0 Å². The summed E-state index contributed by atoms with van der Waals surface area (Å²) < 4.78 is 5.06. The Labute approximate surface area is 119 Å². The lowest BCUT2D eigenvalue weighted by molar-refractivity contribution is -0.147. The molecule has 1 atom stereocenters. The van der Waals surface area contributed by atoms with Crippen LogP contribution in [0.5, 0.6) is 0 Å². The Kier molecular flexibility index (Phi) is 7.35. The summed E-state index contributed by atoms with van der Waals surface area (Å²) in [6, 6.07) is 9.70. The second-order valence-corrected chi connectivity index (χ2v) is 4.47. The molecule has 1 rings (SSSR count). The number of carbonyl (C=O) groups excluding carboxylic acids is 2. The Morgan fingerprint density at radius 2 is 1.95 bits per heavy atom. The summed E-state index contributed by atoms with van der Waals surface area (Å²) in [5, 5.41) is 5.51. The molecular formula is C15H22N2O3. The molecule has 0 aliphatic carbocycles. The largest absolute Gasteiger partial charge is 0.466 e. The van der Waals surface area contributed by atoms with Crippen LogP contribution in [-0.2, 0) is 20.7 Å². The van der Waals surface area contributed by atoms with Crippen molar-refractivity contribution in [2.45, 2.75) is 13.3 Å². The summed E-state index contributed by atoms with van der Waals surface area (Å²) in [6.07, 6.45) is 0.555. The predicted molar refractivity (Wildman–Crippen MR) is 77.2 cm³/mol. The van der Waals surface area contributed by atoms with Gasteiger partial charge in [-0.05, 0) is 26.0 Å². The number of carbonyl (C=O) groups is 2. The van der Waals surface area contributed by atoms with Crippen LogP contribution in [0.2, 0.25) is 0 Å². The molecular weight excluding hydrogens is 256 g/mol. The van der Waals surface area contributed by atoms with Crippen LogP contribution in [0.25, 0.3) is 0 Å². The monoisotopic (exact) mass is 278 g/mol. The van der Waals surface area contributed by atoms with E-state index in [0.717, 1.165) is 5.56 Å². The van der Waals surface area contributed by atoms with Crippen molar-refractivity contribution in [2.24, 2.45) is 5.92 Å². The first-order valence-corrected chi connectivity index (χ1v) is 6.79. The van der Waals surface area contributed by atoms with Crippen LogP contribution in [0.3, 0.4) is 0 Å². The van der Waals surface area contributed by atoms with Crippen molar-refractivity contribution in [1.82, 2.24) is 10.6 Å². The Bertz CT molecular complexity index is 420. The zero-order chi connectivity index (χ0) is 14.8. The molecule has 0 heterocycles. The quantitative estimate of drug-likeness (QED) is 0.688.